The van der Waals surface area contributed by atoms with Crippen molar-refractivity contribution in [1.29, 1.82) is 0 Å². The summed E-state index contributed by atoms with van der Waals surface area (Å²) in [5, 5.41) is 10.8. The van der Waals surface area contributed by atoms with Gasteiger partial charge >= 0.3 is 5.97 Å². The molecule has 0 aromatic rings. The number of ether oxygens (including phenoxy) is 2. The van der Waals surface area contributed by atoms with Crippen molar-refractivity contribution < 1.29 is 23.8 Å². The van der Waals surface area contributed by atoms with E-state index in [1.165, 1.54) is 7.11 Å². The van der Waals surface area contributed by atoms with Gasteiger partial charge in [0.25, 0.3) is 0 Å². The smallest absolute Gasteiger partial charge is 0.311 e. The maximum atomic E-state index is 11.9. The zero-order valence-electron chi connectivity index (χ0n) is 22.0. The van der Waals surface area contributed by atoms with Crippen LogP contribution in [-0.2, 0) is 18.7 Å². The molecule has 1 heterocycles. The Kier molecular flexibility index (Phi) is 11.2. The molecule has 1 aliphatic heterocycles. The monoisotopic (exact) mass is 458 g/mol. The first-order valence-electron chi connectivity index (χ1n) is 12.4. The van der Waals surface area contributed by atoms with Crippen molar-refractivity contribution in [1.82, 2.24) is 0 Å². The van der Waals surface area contributed by atoms with Gasteiger partial charge in [-0.05, 0) is 42.3 Å². The molecule has 5 nitrogen and oxygen atoms in total. The lowest BCUT2D eigenvalue weighted by molar-refractivity contribution is -0.162. The summed E-state index contributed by atoms with van der Waals surface area (Å²) in [7, 11) is -0.539. The SMILES string of the molecule is COC(=O)[C@H](C)[C@H](O)[C@H](C)[C@H]1O[C@H]([C@H](C)CO[Si](C(C)C)(C(C)C)C(C)C)CC[C@@H]1C. The average molecular weight is 459 g/mol. The maximum absolute atomic E-state index is 11.9. The Bertz CT molecular complexity index is 528. The fourth-order valence-electron chi connectivity index (χ4n) is 5.91. The Morgan fingerprint density at radius 3 is 1.97 bits per heavy atom. The minimum atomic E-state index is -1.90. The van der Waals surface area contributed by atoms with Crippen molar-refractivity contribution in [2.45, 2.75) is 117 Å². The zero-order valence-corrected chi connectivity index (χ0v) is 23.0. The van der Waals surface area contributed by atoms with Crippen LogP contribution in [0.2, 0.25) is 16.6 Å². The number of hydrogen-bond acceptors (Lipinski definition) is 5. The molecule has 0 spiro atoms. The van der Waals surface area contributed by atoms with Crippen LogP contribution in [0.1, 0.15) is 82.1 Å². The number of esters is 1. The highest BCUT2D eigenvalue weighted by Crippen LogP contribution is 2.43. The predicted octanol–water partition coefficient (Wildman–Crippen LogP) is 5.80. The van der Waals surface area contributed by atoms with Gasteiger partial charge in [0.05, 0.1) is 31.3 Å². The molecule has 184 valence electrons. The first kappa shape index (κ1) is 28.6. The molecule has 0 radical (unpaired) electrons. The normalized spacial score (nSPS) is 26.7. The summed E-state index contributed by atoms with van der Waals surface area (Å²) in [5.74, 6) is -0.449. The van der Waals surface area contributed by atoms with E-state index in [0.717, 1.165) is 19.4 Å². The van der Waals surface area contributed by atoms with E-state index in [1.54, 1.807) is 6.92 Å². The summed E-state index contributed by atoms with van der Waals surface area (Å²) in [6, 6.07) is 0. The van der Waals surface area contributed by atoms with Crippen LogP contribution in [0.3, 0.4) is 0 Å². The Labute approximate surface area is 192 Å². The lowest BCUT2D eigenvalue weighted by Gasteiger charge is -2.45. The molecule has 1 fully saturated rings. The van der Waals surface area contributed by atoms with Gasteiger partial charge in [-0.2, -0.15) is 0 Å². The molecule has 0 aliphatic carbocycles. The van der Waals surface area contributed by atoms with Crippen LogP contribution in [0, 0.1) is 23.7 Å². The van der Waals surface area contributed by atoms with Crippen molar-refractivity contribution >= 4 is 14.3 Å². The van der Waals surface area contributed by atoms with Crippen molar-refractivity contribution in [3.05, 3.63) is 0 Å². The lowest BCUT2D eigenvalue weighted by atomic mass is 9.79. The molecule has 1 aliphatic rings. The highest BCUT2D eigenvalue weighted by molar-refractivity contribution is 6.77. The van der Waals surface area contributed by atoms with Gasteiger partial charge in [-0.3, -0.25) is 4.79 Å². The van der Waals surface area contributed by atoms with Crippen molar-refractivity contribution in [2.24, 2.45) is 23.7 Å². The topological polar surface area (TPSA) is 65.0 Å². The van der Waals surface area contributed by atoms with Gasteiger partial charge in [-0.1, -0.05) is 62.3 Å². The fourth-order valence-corrected chi connectivity index (χ4v) is 11.5. The molecular weight excluding hydrogens is 408 g/mol. The molecule has 1 saturated heterocycles. The number of aliphatic hydroxyl groups is 1. The van der Waals surface area contributed by atoms with Gasteiger partial charge in [0.2, 0.25) is 0 Å². The Morgan fingerprint density at radius 1 is 1.00 bits per heavy atom. The van der Waals surface area contributed by atoms with Crippen LogP contribution in [0.25, 0.3) is 0 Å². The highest BCUT2D eigenvalue weighted by Gasteiger charge is 2.46. The van der Waals surface area contributed by atoms with Gasteiger partial charge in [0.1, 0.15) is 0 Å². The first-order valence-corrected chi connectivity index (χ1v) is 14.5. The van der Waals surface area contributed by atoms with Gasteiger partial charge in [0, 0.05) is 18.4 Å². The van der Waals surface area contributed by atoms with E-state index in [4.69, 9.17) is 13.9 Å². The van der Waals surface area contributed by atoms with Gasteiger partial charge in [-0.25, -0.2) is 0 Å². The van der Waals surface area contributed by atoms with Crippen molar-refractivity contribution in [3.8, 4) is 0 Å². The predicted molar refractivity (Wildman–Crippen MR) is 130 cm³/mol. The molecule has 1 N–H and O–H groups in total. The van der Waals surface area contributed by atoms with Gasteiger partial charge < -0.3 is 19.0 Å². The number of aliphatic hydroxyl groups excluding tert-OH is 1. The average Bonchev–Trinajstić information content (AvgIpc) is 2.71. The molecule has 7 atom stereocenters. The van der Waals surface area contributed by atoms with Crippen molar-refractivity contribution in [2.75, 3.05) is 13.7 Å². The van der Waals surface area contributed by atoms with E-state index in [2.05, 4.69) is 55.4 Å². The summed E-state index contributed by atoms with van der Waals surface area (Å²) in [6.45, 7) is 22.8. The Morgan fingerprint density at radius 2 is 1.52 bits per heavy atom. The minimum Gasteiger partial charge on any atom is -0.469 e. The van der Waals surface area contributed by atoms with E-state index in [0.29, 0.717) is 28.5 Å². The number of carbonyl (C=O) groups is 1. The first-order chi connectivity index (χ1) is 14.3. The Balaban J connectivity index is 2.86. The zero-order chi connectivity index (χ0) is 24.1. The molecule has 0 amide bonds. The summed E-state index contributed by atoms with van der Waals surface area (Å²) in [6.07, 6.45) is 1.32. The molecule has 0 saturated carbocycles. The van der Waals surface area contributed by atoms with Crippen LogP contribution < -0.4 is 0 Å². The van der Waals surface area contributed by atoms with E-state index in [9.17, 15) is 9.90 Å². The number of rotatable bonds is 11. The van der Waals surface area contributed by atoms with Crippen LogP contribution in [0.15, 0.2) is 0 Å². The third kappa shape index (κ3) is 6.55. The molecule has 31 heavy (non-hydrogen) atoms. The standard InChI is InChI=1S/C25H50O5Si/c1-15(2)31(16(3)4,17(5)6)29-14-19(8)22-13-12-18(7)24(30-22)20(9)23(26)21(10)25(27)28-11/h15-24,26H,12-14H2,1-11H3/t18-,19+,20-,21+,22-,23+,24-/m0/s1. The van der Waals surface area contributed by atoms with Gasteiger partial charge in [-0.15, -0.1) is 0 Å². The second-order valence-corrected chi connectivity index (χ2v) is 16.4. The summed E-state index contributed by atoms with van der Waals surface area (Å²) in [5.41, 5.74) is 1.69. The van der Waals surface area contributed by atoms with Crippen LogP contribution in [0.5, 0.6) is 0 Å². The lowest BCUT2D eigenvalue weighted by Crippen LogP contribution is -2.50. The third-order valence-electron chi connectivity index (χ3n) is 7.88. The van der Waals surface area contributed by atoms with Crippen molar-refractivity contribution in [3.63, 3.8) is 0 Å². The molecule has 0 bridgehead atoms. The van der Waals surface area contributed by atoms with Crippen LogP contribution >= 0.6 is 0 Å². The molecular formula is C25H50O5Si. The van der Waals surface area contributed by atoms with E-state index >= 15 is 0 Å². The maximum Gasteiger partial charge on any atom is 0.311 e. The van der Waals surface area contributed by atoms with Gasteiger partial charge in [0.15, 0.2) is 8.32 Å². The van der Waals surface area contributed by atoms with Crippen LogP contribution in [0.4, 0.5) is 0 Å². The van der Waals surface area contributed by atoms with E-state index in [-0.39, 0.29) is 24.1 Å². The summed E-state index contributed by atoms with van der Waals surface area (Å²) in [4.78, 5) is 11.9. The largest absolute Gasteiger partial charge is 0.469 e. The Hall–Kier alpha value is -0.433. The summed E-state index contributed by atoms with van der Waals surface area (Å²) >= 11 is 0. The third-order valence-corrected chi connectivity index (χ3v) is 14.0. The van der Waals surface area contributed by atoms with E-state index in [1.807, 2.05) is 6.92 Å². The number of methoxy groups -OCH3 is 1. The van der Waals surface area contributed by atoms with E-state index < -0.39 is 20.3 Å². The minimum absolute atomic E-state index is 0.0781. The number of hydrogen-bond donors (Lipinski definition) is 1. The number of carbonyl (C=O) groups excluding carboxylic acids is 1. The molecule has 0 aromatic heterocycles. The highest BCUT2D eigenvalue weighted by atomic mass is 28.4. The molecule has 0 aromatic carbocycles. The summed E-state index contributed by atoms with van der Waals surface area (Å²) < 4.78 is 18.2. The second-order valence-electron chi connectivity index (χ2n) is 11.0. The molecule has 6 heteroatoms. The molecule has 0 unspecified atom stereocenters. The van der Waals surface area contributed by atoms with Crippen LogP contribution in [-0.4, -0.2) is 51.4 Å². The fraction of sp³-hybridized carbons (Fsp3) is 0.960. The molecule has 1 rings (SSSR count). The second kappa shape index (κ2) is 12.1. The quantitative estimate of drug-likeness (QED) is 0.313.